The highest BCUT2D eigenvalue weighted by Crippen LogP contribution is 2.07. The standard InChI is InChI=1S/C7H9NO2.C2H6/c1-5(2)8-6(9)3-4-7(8)10;1-2/h3-5H,1-2H3;1-2H3. The third-order valence-corrected chi connectivity index (χ3v) is 1.36. The summed E-state index contributed by atoms with van der Waals surface area (Å²) in [5.41, 5.74) is 0. The van der Waals surface area contributed by atoms with Crippen molar-refractivity contribution < 1.29 is 9.59 Å². The number of amides is 2. The predicted octanol–water partition coefficient (Wildman–Crippen LogP) is 1.35. The second-order valence-corrected chi connectivity index (χ2v) is 2.47. The van der Waals surface area contributed by atoms with Crippen molar-refractivity contribution in [1.29, 1.82) is 0 Å². The minimum Gasteiger partial charge on any atom is -0.273 e. The molecule has 0 aromatic carbocycles. The zero-order valence-corrected chi connectivity index (χ0v) is 8.00. The number of nitrogens with zero attached hydrogens (tertiary/aromatic N) is 1. The fourth-order valence-electron chi connectivity index (χ4n) is 0.921. The van der Waals surface area contributed by atoms with E-state index >= 15 is 0 Å². The Morgan fingerprint density at radius 1 is 1.08 bits per heavy atom. The third-order valence-electron chi connectivity index (χ3n) is 1.36. The Morgan fingerprint density at radius 3 is 1.58 bits per heavy atom. The first-order valence-electron chi connectivity index (χ1n) is 4.18. The second-order valence-electron chi connectivity index (χ2n) is 2.47. The van der Waals surface area contributed by atoms with Crippen LogP contribution in [0.5, 0.6) is 0 Å². The number of carbonyl (C=O) groups excluding carboxylic acids is 2. The zero-order valence-electron chi connectivity index (χ0n) is 8.00. The van der Waals surface area contributed by atoms with Crippen LogP contribution in [0.2, 0.25) is 0 Å². The average Bonchev–Trinajstić information content (AvgIpc) is 2.35. The van der Waals surface area contributed by atoms with E-state index in [-0.39, 0.29) is 17.9 Å². The molecule has 0 aromatic heterocycles. The summed E-state index contributed by atoms with van der Waals surface area (Å²) < 4.78 is 0. The fraction of sp³-hybridized carbons (Fsp3) is 0.556. The lowest BCUT2D eigenvalue weighted by molar-refractivity contribution is -0.138. The van der Waals surface area contributed by atoms with Crippen LogP contribution >= 0.6 is 0 Å². The van der Waals surface area contributed by atoms with Crippen LogP contribution in [0.15, 0.2) is 12.2 Å². The summed E-state index contributed by atoms with van der Waals surface area (Å²) in [6.07, 6.45) is 2.59. The van der Waals surface area contributed by atoms with Crippen LogP contribution < -0.4 is 0 Å². The molecule has 0 saturated heterocycles. The van der Waals surface area contributed by atoms with E-state index in [2.05, 4.69) is 0 Å². The lowest BCUT2D eigenvalue weighted by atomic mass is 10.3. The summed E-state index contributed by atoms with van der Waals surface area (Å²) in [4.78, 5) is 22.9. The van der Waals surface area contributed by atoms with Gasteiger partial charge in [0.2, 0.25) is 0 Å². The van der Waals surface area contributed by atoms with Crippen LogP contribution in [0, 0.1) is 0 Å². The van der Waals surface area contributed by atoms with Crippen molar-refractivity contribution in [3.05, 3.63) is 12.2 Å². The highest BCUT2D eigenvalue weighted by Gasteiger charge is 2.25. The van der Waals surface area contributed by atoms with Crippen molar-refractivity contribution in [2.45, 2.75) is 33.7 Å². The first kappa shape index (κ1) is 10.9. The van der Waals surface area contributed by atoms with E-state index in [1.54, 1.807) is 0 Å². The molecule has 1 heterocycles. The van der Waals surface area contributed by atoms with Gasteiger partial charge < -0.3 is 0 Å². The van der Waals surface area contributed by atoms with Gasteiger partial charge in [0.05, 0.1) is 0 Å². The summed E-state index contributed by atoms with van der Waals surface area (Å²) in [6.45, 7) is 7.62. The van der Waals surface area contributed by atoms with Gasteiger partial charge in [0, 0.05) is 18.2 Å². The fourth-order valence-corrected chi connectivity index (χ4v) is 0.921. The molecule has 1 aliphatic heterocycles. The van der Waals surface area contributed by atoms with Crippen LogP contribution in [-0.2, 0) is 9.59 Å². The minimum atomic E-state index is -0.208. The van der Waals surface area contributed by atoms with Gasteiger partial charge in [0.1, 0.15) is 0 Å². The van der Waals surface area contributed by atoms with Crippen LogP contribution in [0.1, 0.15) is 27.7 Å². The SMILES string of the molecule is CC.CC(C)N1C(=O)C=CC1=O. The highest BCUT2D eigenvalue weighted by atomic mass is 16.2. The van der Waals surface area contributed by atoms with Crippen molar-refractivity contribution in [2.75, 3.05) is 0 Å². The Kier molecular flexibility index (Phi) is 4.26. The highest BCUT2D eigenvalue weighted by molar-refractivity contribution is 6.13. The van der Waals surface area contributed by atoms with E-state index in [0.717, 1.165) is 0 Å². The van der Waals surface area contributed by atoms with E-state index < -0.39 is 0 Å². The molecule has 0 spiro atoms. The second kappa shape index (κ2) is 4.70. The average molecular weight is 169 g/mol. The number of carbonyl (C=O) groups is 2. The molecule has 12 heavy (non-hydrogen) atoms. The normalized spacial score (nSPS) is 15.2. The van der Waals surface area contributed by atoms with Crippen LogP contribution in [0.4, 0.5) is 0 Å². The molecule has 0 unspecified atom stereocenters. The quantitative estimate of drug-likeness (QED) is 0.555. The number of imide groups is 1. The van der Waals surface area contributed by atoms with Gasteiger partial charge in [-0.15, -0.1) is 0 Å². The summed E-state index contributed by atoms with van der Waals surface area (Å²) in [7, 11) is 0. The zero-order chi connectivity index (χ0) is 9.72. The maximum Gasteiger partial charge on any atom is 0.253 e. The molecule has 0 bridgehead atoms. The molecule has 0 saturated carbocycles. The summed E-state index contributed by atoms with van der Waals surface area (Å²) in [5.74, 6) is -0.417. The molecule has 1 rings (SSSR count). The van der Waals surface area contributed by atoms with Gasteiger partial charge in [0.15, 0.2) is 0 Å². The molecule has 0 fully saturated rings. The number of rotatable bonds is 1. The van der Waals surface area contributed by atoms with Crippen molar-refractivity contribution >= 4 is 11.8 Å². The molecule has 2 amide bonds. The molecule has 0 N–H and O–H groups in total. The van der Waals surface area contributed by atoms with E-state index in [1.165, 1.54) is 17.1 Å². The third kappa shape index (κ3) is 2.19. The first-order valence-corrected chi connectivity index (χ1v) is 4.18. The van der Waals surface area contributed by atoms with Crippen LogP contribution in [0.3, 0.4) is 0 Å². The van der Waals surface area contributed by atoms with Gasteiger partial charge in [-0.1, -0.05) is 13.8 Å². The first-order chi connectivity index (χ1) is 5.63. The molecular weight excluding hydrogens is 154 g/mol. The van der Waals surface area contributed by atoms with Crippen molar-refractivity contribution in [2.24, 2.45) is 0 Å². The van der Waals surface area contributed by atoms with E-state index in [0.29, 0.717) is 0 Å². The van der Waals surface area contributed by atoms with Crippen molar-refractivity contribution in [3.63, 3.8) is 0 Å². The number of hydrogen-bond donors (Lipinski definition) is 0. The molecule has 0 radical (unpaired) electrons. The van der Waals surface area contributed by atoms with Gasteiger partial charge in [-0.3, -0.25) is 14.5 Å². The van der Waals surface area contributed by atoms with Gasteiger partial charge in [-0.2, -0.15) is 0 Å². The largest absolute Gasteiger partial charge is 0.273 e. The molecule has 0 aromatic rings. The molecule has 1 aliphatic rings. The van der Waals surface area contributed by atoms with Gasteiger partial charge in [-0.25, -0.2) is 0 Å². The Bertz CT molecular complexity index is 189. The topological polar surface area (TPSA) is 37.4 Å². The molecule has 3 nitrogen and oxygen atoms in total. The molecule has 0 atom stereocenters. The van der Waals surface area contributed by atoms with Gasteiger partial charge in [0.25, 0.3) is 11.8 Å². The van der Waals surface area contributed by atoms with E-state index in [9.17, 15) is 9.59 Å². The van der Waals surface area contributed by atoms with Gasteiger partial charge in [-0.05, 0) is 13.8 Å². The van der Waals surface area contributed by atoms with Crippen molar-refractivity contribution in [1.82, 2.24) is 4.90 Å². The smallest absolute Gasteiger partial charge is 0.253 e. The maximum atomic E-state index is 10.8. The molecule has 0 aliphatic carbocycles. The summed E-state index contributed by atoms with van der Waals surface area (Å²) in [6, 6.07) is -0.0324. The lowest BCUT2D eigenvalue weighted by Gasteiger charge is -2.17. The Balaban J connectivity index is 0.000000561. The Labute approximate surface area is 73.1 Å². The molecule has 68 valence electrons. The maximum absolute atomic E-state index is 10.8. The van der Waals surface area contributed by atoms with Crippen LogP contribution in [0.25, 0.3) is 0 Å². The Hall–Kier alpha value is -1.12. The van der Waals surface area contributed by atoms with Crippen molar-refractivity contribution in [3.8, 4) is 0 Å². The summed E-state index contributed by atoms with van der Waals surface area (Å²) >= 11 is 0. The van der Waals surface area contributed by atoms with E-state index in [4.69, 9.17) is 0 Å². The Morgan fingerprint density at radius 2 is 1.42 bits per heavy atom. The molecular formula is C9H15NO2. The van der Waals surface area contributed by atoms with Crippen LogP contribution in [-0.4, -0.2) is 22.8 Å². The summed E-state index contributed by atoms with van der Waals surface area (Å²) in [5, 5.41) is 0. The molecule has 3 heteroatoms. The minimum absolute atomic E-state index is 0.0324. The lowest BCUT2D eigenvalue weighted by Crippen LogP contribution is -2.36. The monoisotopic (exact) mass is 169 g/mol. The predicted molar refractivity (Wildman–Crippen MR) is 47.5 cm³/mol. The van der Waals surface area contributed by atoms with E-state index in [1.807, 2.05) is 27.7 Å². The number of hydrogen-bond acceptors (Lipinski definition) is 2. The van der Waals surface area contributed by atoms with Gasteiger partial charge >= 0.3 is 0 Å².